The summed E-state index contributed by atoms with van der Waals surface area (Å²) in [5, 5.41) is 10.8. The monoisotopic (exact) mass is 330 g/mol. The standard InChI is InChI=1S/C20H26O4/c1-11(2)6-7-19-10-13-18(4,5)8-9-20(13,17(19)24)16(23)14(12(3)21)15(19)22/h6,13,22H,7-10H2,1-5H3. The van der Waals surface area contributed by atoms with Crippen molar-refractivity contribution in [2.24, 2.45) is 22.2 Å². The van der Waals surface area contributed by atoms with E-state index in [-0.39, 0.29) is 28.4 Å². The van der Waals surface area contributed by atoms with Gasteiger partial charge in [0, 0.05) is 0 Å². The third kappa shape index (κ3) is 1.83. The Morgan fingerprint density at radius 3 is 2.38 bits per heavy atom. The Balaban J connectivity index is 2.27. The highest BCUT2D eigenvalue weighted by atomic mass is 16.3. The van der Waals surface area contributed by atoms with Gasteiger partial charge in [0.2, 0.25) is 0 Å². The van der Waals surface area contributed by atoms with Gasteiger partial charge in [-0.1, -0.05) is 25.5 Å². The van der Waals surface area contributed by atoms with E-state index >= 15 is 0 Å². The normalized spacial score (nSPS) is 36.8. The van der Waals surface area contributed by atoms with Crippen molar-refractivity contribution in [2.75, 3.05) is 0 Å². The van der Waals surface area contributed by atoms with Gasteiger partial charge in [-0.15, -0.1) is 0 Å². The average molecular weight is 330 g/mol. The molecule has 1 spiro atoms. The maximum absolute atomic E-state index is 13.4. The average Bonchev–Trinajstić information content (AvgIpc) is 2.85. The van der Waals surface area contributed by atoms with Gasteiger partial charge in [0.15, 0.2) is 17.3 Å². The summed E-state index contributed by atoms with van der Waals surface area (Å²) >= 11 is 0. The summed E-state index contributed by atoms with van der Waals surface area (Å²) in [5.41, 5.74) is -1.43. The Morgan fingerprint density at radius 2 is 1.83 bits per heavy atom. The number of rotatable bonds is 3. The van der Waals surface area contributed by atoms with Crippen molar-refractivity contribution >= 4 is 17.3 Å². The van der Waals surface area contributed by atoms with E-state index in [2.05, 4.69) is 13.8 Å². The smallest absolute Gasteiger partial charge is 0.183 e. The zero-order chi connectivity index (χ0) is 18.1. The molecule has 2 saturated carbocycles. The minimum absolute atomic E-state index is 0.116. The molecule has 3 rings (SSSR count). The Kier molecular flexibility index (Phi) is 3.50. The van der Waals surface area contributed by atoms with Crippen molar-refractivity contribution in [1.29, 1.82) is 0 Å². The number of ketones is 3. The van der Waals surface area contributed by atoms with Crippen molar-refractivity contribution < 1.29 is 19.5 Å². The maximum Gasteiger partial charge on any atom is 0.183 e. The molecule has 2 fully saturated rings. The Morgan fingerprint density at radius 1 is 1.21 bits per heavy atom. The van der Waals surface area contributed by atoms with Crippen molar-refractivity contribution in [3.8, 4) is 0 Å². The quantitative estimate of drug-likeness (QED) is 0.486. The molecule has 0 radical (unpaired) electrons. The van der Waals surface area contributed by atoms with E-state index in [9.17, 15) is 19.5 Å². The van der Waals surface area contributed by atoms with Crippen LogP contribution >= 0.6 is 0 Å². The van der Waals surface area contributed by atoms with Crippen LogP contribution in [-0.2, 0) is 14.4 Å². The molecule has 2 bridgehead atoms. The van der Waals surface area contributed by atoms with E-state index in [1.165, 1.54) is 6.92 Å². The first-order chi connectivity index (χ1) is 11.0. The topological polar surface area (TPSA) is 71.4 Å². The Bertz CT molecular complexity index is 720. The molecule has 3 atom stereocenters. The largest absolute Gasteiger partial charge is 0.510 e. The number of fused-ring (bicyclic) bond motifs is 1. The van der Waals surface area contributed by atoms with Gasteiger partial charge in [-0.25, -0.2) is 0 Å². The Hall–Kier alpha value is -1.71. The fourth-order valence-corrected chi connectivity index (χ4v) is 5.25. The van der Waals surface area contributed by atoms with E-state index < -0.39 is 22.4 Å². The number of hydrogen-bond donors (Lipinski definition) is 1. The lowest BCUT2D eigenvalue weighted by molar-refractivity contribution is -0.144. The van der Waals surface area contributed by atoms with E-state index in [1.807, 2.05) is 19.9 Å². The van der Waals surface area contributed by atoms with E-state index in [4.69, 9.17) is 0 Å². The fraction of sp³-hybridized carbons (Fsp3) is 0.650. The molecule has 3 aliphatic carbocycles. The van der Waals surface area contributed by atoms with Crippen molar-refractivity contribution in [2.45, 2.75) is 60.3 Å². The minimum Gasteiger partial charge on any atom is -0.510 e. The molecule has 4 heteroatoms. The third-order valence-electron chi connectivity index (χ3n) is 6.63. The molecule has 0 aromatic heterocycles. The number of aliphatic hydroxyl groups is 1. The van der Waals surface area contributed by atoms with Crippen molar-refractivity contribution in [1.82, 2.24) is 0 Å². The molecule has 1 N–H and O–H groups in total. The number of carbonyl (C=O) groups excluding carboxylic acids is 3. The molecule has 3 aliphatic rings. The first-order valence-corrected chi connectivity index (χ1v) is 8.68. The first kappa shape index (κ1) is 17.1. The highest BCUT2D eigenvalue weighted by molar-refractivity contribution is 6.31. The van der Waals surface area contributed by atoms with Crippen molar-refractivity contribution in [3.63, 3.8) is 0 Å². The van der Waals surface area contributed by atoms with Crippen LogP contribution in [0.5, 0.6) is 0 Å². The second kappa shape index (κ2) is 4.90. The van der Waals surface area contributed by atoms with Crippen LogP contribution in [0, 0.1) is 22.2 Å². The summed E-state index contributed by atoms with van der Waals surface area (Å²) in [6, 6.07) is 0. The lowest BCUT2D eigenvalue weighted by Crippen LogP contribution is -2.49. The summed E-state index contributed by atoms with van der Waals surface area (Å²) in [4.78, 5) is 38.7. The van der Waals surface area contributed by atoms with Crippen LogP contribution in [0.2, 0.25) is 0 Å². The van der Waals surface area contributed by atoms with Gasteiger partial charge < -0.3 is 5.11 Å². The summed E-state index contributed by atoms with van der Waals surface area (Å²) in [7, 11) is 0. The van der Waals surface area contributed by atoms with Crippen LogP contribution < -0.4 is 0 Å². The molecule has 24 heavy (non-hydrogen) atoms. The van der Waals surface area contributed by atoms with Gasteiger partial charge in [0.25, 0.3) is 0 Å². The molecular weight excluding hydrogens is 304 g/mol. The van der Waals surface area contributed by atoms with Crippen LogP contribution in [-0.4, -0.2) is 22.5 Å². The van der Waals surface area contributed by atoms with Gasteiger partial charge in [-0.05, 0) is 57.8 Å². The summed E-state index contributed by atoms with van der Waals surface area (Å²) in [5.74, 6) is -1.42. The number of Topliss-reactive ketones (excluding diaryl/α,β-unsaturated/α-hetero) is 3. The van der Waals surface area contributed by atoms with E-state index in [0.717, 1.165) is 12.0 Å². The summed E-state index contributed by atoms with van der Waals surface area (Å²) in [6.07, 6.45) is 4.03. The Labute approximate surface area is 143 Å². The van der Waals surface area contributed by atoms with Gasteiger partial charge in [-0.3, -0.25) is 14.4 Å². The molecule has 0 amide bonds. The van der Waals surface area contributed by atoms with Crippen LogP contribution in [0.3, 0.4) is 0 Å². The SMILES string of the molecule is CC(=O)C1=C(O)C2(CC=C(C)C)CC3C(C)(C)CCC3(C1=O)C2=O. The van der Waals surface area contributed by atoms with Gasteiger partial charge >= 0.3 is 0 Å². The predicted molar refractivity (Wildman–Crippen MR) is 90.4 cm³/mol. The van der Waals surface area contributed by atoms with E-state index in [1.54, 1.807) is 0 Å². The zero-order valence-electron chi connectivity index (χ0n) is 15.2. The second-order valence-electron chi connectivity index (χ2n) is 8.72. The lowest BCUT2D eigenvalue weighted by Gasteiger charge is -2.36. The summed E-state index contributed by atoms with van der Waals surface area (Å²) in [6.45, 7) is 9.37. The minimum atomic E-state index is -1.10. The molecular formula is C20H26O4. The van der Waals surface area contributed by atoms with Crippen LogP contribution in [0.25, 0.3) is 0 Å². The molecule has 130 valence electrons. The lowest BCUT2D eigenvalue weighted by atomic mass is 9.63. The number of carbonyl (C=O) groups is 3. The van der Waals surface area contributed by atoms with Gasteiger partial charge in [0.05, 0.1) is 16.4 Å². The van der Waals surface area contributed by atoms with Crippen LogP contribution in [0.15, 0.2) is 23.0 Å². The summed E-state index contributed by atoms with van der Waals surface area (Å²) < 4.78 is 0. The second-order valence-corrected chi connectivity index (χ2v) is 8.72. The molecule has 0 heterocycles. The molecule has 0 aromatic rings. The first-order valence-electron chi connectivity index (χ1n) is 8.68. The molecule has 0 saturated heterocycles. The maximum atomic E-state index is 13.4. The molecule has 0 aliphatic heterocycles. The highest BCUT2D eigenvalue weighted by Crippen LogP contribution is 2.70. The molecule has 0 aromatic carbocycles. The fourth-order valence-electron chi connectivity index (χ4n) is 5.25. The predicted octanol–water partition coefficient (Wildman–Crippen LogP) is 3.71. The molecule has 3 unspecified atom stereocenters. The molecule has 4 nitrogen and oxygen atoms in total. The van der Waals surface area contributed by atoms with Gasteiger partial charge in [0.1, 0.15) is 5.76 Å². The number of hydrogen-bond acceptors (Lipinski definition) is 4. The van der Waals surface area contributed by atoms with Gasteiger partial charge in [-0.2, -0.15) is 0 Å². The third-order valence-corrected chi connectivity index (χ3v) is 6.63. The van der Waals surface area contributed by atoms with Crippen LogP contribution in [0.4, 0.5) is 0 Å². The zero-order valence-corrected chi connectivity index (χ0v) is 15.2. The highest BCUT2D eigenvalue weighted by Gasteiger charge is 2.75. The number of aliphatic hydroxyl groups excluding tert-OH is 1. The number of allylic oxidation sites excluding steroid dienone is 4. The van der Waals surface area contributed by atoms with E-state index in [0.29, 0.717) is 19.3 Å². The van der Waals surface area contributed by atoms with Crippen molar-refractivity contribution in [3.05, 3.63) is 23.0 Å². The van der Waals surface area contributed by atoms with Crippen LogP contribution in [0.1, 0.15) is 60.3 Å².